The lowest BCUT2D eigenvalue weighted by atomic mass is 9.95. The van der Waals surface area contributed by atoms with Gasteiger partial charge in [0.1, 0.15) is 11.6 Å². The van der Waals surface area contributed by atoms with Gasteiger partial charge in [0.05, 0.1) is 6.20 Å². The molecule has 0 aromatic carbocycles. The Morgan fingerprint density at radius 2 is 2.29 bits per heavy atom. The van der Waals surface area contributed by atoms with Crippen molar-refractivity contribution in [2.45, 2.75) is 46.6 Å². The van der Waals surface area contributed by atoms with Crippen molar-refractivity contribution in [2.24, 2.45) is 11.8 Å². The summed E-state index contributed by atoms with van der Waals surface area (Å²) < 4.78 is 13.5. The molecule has 1 unspecified atom stereocenters. The maximum Gasteiger partial charge on any atom is 0.141 e. The van der Waals surface area contributed by atoms with Crippen molar-refractivity contribution in [1.82, 2.24) is 10.3 Å². The van der Waals surface area contributed by atoms with Crippen molar-refractivity contribution in [3.8, 4) is 0 Å². The average molecular weight is 293 g/mol. The number of hydrogen-bond donors (Lipinski definition) is 1. The minimum Gasteiger partial charge on any atom is -0.356 e. The van der Waals surface area contributed by atoms with E-state index in [1.165, 1.54) is 25.5 Å². The van der Waals surface area contributed by atoms with Gasteiger partial charge in [0.2, 0.25) is 0 Å². The number of hydrogen-bond acceptors (Lipinski definition) is 3. The number of rotatable bonds is 6. The van der Waals surface area contributed by atoms with Gasteiger partial charge in [-0.05, 0) is 37.3 Å². The standard InChI is InChI=1S/C17H28FN3/c1-4-14-6-5-7-21(12-14)17-15(8-16(18)11-20-17)10-19-9-13(2)3/h8,11,13-14,19H,4-7,9-10,12H2,1-3H3. The molecule has 1 aromatic heterocycles. The largest absolute Gasteiger partial charge is 0.356 e. The van der Waals surface area contributed by atoms with Crippen molar-refractivity contribution in [3.63, 3.8) is 0 Å². The minimum atomic E-state index is -0.246. The smallest absolute Gasteiger partial charge is 0.141 e. The van der Waals surface area contributed by atoms with Crippen LogP contribution in [0.4, 0.5) is 10.2 Å². The molecule has 2 heterocycles. The topological polar surface area (TPSA) is 28.2 Å². The van der Waals surface area contributed by atoms with Gasteiger partial charge in [-0.25, -0.2) is 9.37 Å². The predicted molar refractivity (Wildman–Crippen MR) is 86.0 cm³/mol. The third kappa shape index (κ3) is 4.67. The van der Waals surface area contributed by atoms with Crippen LogP contribution in [0.3, 0.4) is 0 Å². The SMILES string of the molecule is CCC1CCCN(c2ncc(F)cc2CNCC(C)C)C1. The van der Waals surface area contributed by atoms with Gasteiger partial charge in [0.15, 0.2) is 0 Å². The molecule has 1 fully saturated rings. The zero-order chi connectivity index (χ0) is 15.2. The van der Waals surface area contributed by atoms with Crippen LogP contribution in [0.1, 0.15) is 45.6 Å². The first-order valence-electron chi connectivity index (χ1n) is 8.20. The van der Waals surface area contributed by atoms with E-state index >= 15 is 0 Å². The Hall–Kier alpha value is -1.16. The normalized spacial score (nSPS) is 19.3. The zero-order valence-electron chi connectivity index (χ0n) is 13.5. The fourth-order valence-electron chi connectivity index (χ4n) is 2.97. The number of anilines is 1. The summed E-state index contributed by atoms with van der Waals surface area (Å²) in [7, 11) is 0. The van der Waals surface area contributed by atoms with Crippen LogP contribution in [0.25, 0.3) is 0 Å². The molecule has 0 bridgehead atoms. The average Bonchev–Trinajstić information content (AvgIpc) is 2.47. The first-order valence-corrected chi connectivity index (χ1v) is 8.20. The maximum absolute atomic E-state index is 13.5. The van der Waals surface area contributed by atoms with Gasteiger partial charge in [-0.1, -0.05) is 27.2 Å². The summed E-state index contributed by atoms with van der Waals surface area (Å²) in [6.45, 7) is 10.3. The Kier molecular flexibility index (Phi) is 5.97. The fourth-order valence-corrected chi connectivity index (χ4v) is 2.97. The van der Waals surface area contributed by atoms with E-state index in [1.54, 1.807) is 6.07 Å². The molecule has 1 aliphatic heterocycles. The zero-order valence-corrected chi connectivity index (χ0v) is 13.5. The number of aromatic nitrogens is 1. The molecule has 0 amide bonds. The van der Waals surface area contributed by atoms with Crippen LogP contribution >= 0.6 is 0 Å². The van der Waals surface area contributed by atoms with Crippen molar-refractivity contribution in [3.05, 3.63) is 23.6 Å². The number of nitrogens with one attached hydrogen (secondary N) is 1. The summed E-state index contributed by atoms with van der Waals surface area (Å²) in [6, 6.07) is 1.63. The van der Waals surface area contributed by atoms with Crippen LogP contribution in [0.2, 0.25) is 0 Å². The van der Waals surface area contributed by atoms with Gasteiger partial charge in [0, 0.05) is 25.2 Å². The van der Waals surface area contributed by atoms with E-state index in [9.17, 15) is 4.39 Å². The molecular weight excluding hydrogens is 265 g/mol. The molecule has 118 valence electrons. The second-order valence-corrected chi connectivity index (χ2v) is 6.52. The van der Waals surface area contributed by atoms with E-state index in [4.69, 9.17) is 0 Å². The molecule has 3 nitrogen and oxygen atoms in total. The van der Waals surface area contributed by atoms with Gasteiger partial charge in [-0.3, -0.25) is 0 Å². The second kappa shape index (κ2) is 7.74. The first kappa shape index (κ1) is 16.2. The highest BCUT2D eigenvalue weighted by Crippen LogP contribution is 2.26. The van der Waals surface area contributed by atoms with E-state index in [-0.39, 0.29) is 5.82 Å². The second-order valence-electron chi connectivity index (χ2n) is 6.52. The highest BCUT2D eigenvalue weighted by Gasteiger charge is 2.21. The van der Waals surface area contributed by atoms with Gasteiger partial charge in [-0.2, -0.15) is 0 Å². The molecule has 1 saturated heterocycles. The van der Waals surface area contributed by atoms with Crippen LogP contribution in [0.15, 0.2) is 12.3 Å². The third-order valence-corrected chi connectivity index (χ3v) is 4.17. The molecule has 0 spiro atoms. The molecular formula is C17H28FN3. The van der Waals surface area contributed by atoms with Crippen molar-refractivity contribution in [2.75, 3.05) is 24.5 Å². The van der Waals surface area contributed by atoms with E-state index < -0.39 is 0 Å². The Morgan fingerprint density at radius 1 is 1.48 bits per heavy atom. The molecule has 2 rings (SSSR count). The molecule has 1 N–H and O–H groups in total. The van der Waals surface area contributed by atoms with Crippen LogP contribution in [-0.4, -0.2) is 24.6 Å². The van der Waals surface area contributed by atoms with E-state index in [0.29, 0.717) is 12.5 Å². The van der Waals surface area contributed by atoms with Crippen molar-refractivity contribution < 1.29 is 4.39 Å². The highest BCUT2D eigenvalue weighted by molar-refractivity contribution is 5.47. The summed E-state index contributed by atoms with van der Waals surface area (Å²) in [4.78, 5) is 6.72. The van der Waals surface area contributed by atoms with Gasteiger partial charge >= 0.3 is 0 Å². The quantitative estimate of drug-likeness (QED) is 0.868. The molecule has 21 heavy (non-hydrogen) atoms. The molecule has 1 atom stereocenters. The number of piperidine rings is 1. The highest BCUT2D eigenvalue weighted by atomic mass is 19.1. The molecule has 0 aliphatic carbocycles. The van der Waals surface area contributed by atoms with Gasteiger partial charge < -0.3 is 10.2 Å². The lowest BCUT2D eigenvalue weighted by Gasteiger charge is -2.34. The van der Waals surface area contributed by atoms with E-state index in [0.717, 1.165) is 36.9 Å². The molecule has 4 heteroatoms. The summed E-state index contributed by atoms with van der Waals surface area (Å²) in [5.41, 5.74) is 0.979. The molecule has 0 saturated carbocycles. The summed E-state index contributed by atoms with van der Waals surface area (Å²) in [5, 5.41) is 3.40. The lowest BCUT2D eigenvalue weighted by molar-refractivity contribution is 0.402. The number of halogens is 1. The summed E-state index contributed by atoms with van der Waals surface area (Å²) in [5.74, 6) is 2.05. The summed E-state index contributed by atoms with van der Waals surface area (Å²) in [6.07, 6.45) is 5.06. The van der Waals surface area contributed by atoms with Crippen LogP contribution in [0.5, 0.6) is 0 Å². The van der Waals surface area contributed by atoms with Crippen LogP contribution in [-0.2, 0) is 6.54 Å². The van der Waals surface area contributed by atoms with Gasteiger partial charge in [0.25, 0.3) is 0 Å². The summed E-state index contributed by atoms with van der Waals surface area (Å²) >= 11 is 0. The monoisotopic (exact) mass is 293 g/mol. The molecule has 1 aromatic rings. The third-order valence-electron chi connectivity index (χ3n) is 4.17. The first-order chi connectivity index (χ1) is 10.1. The number of pyridine rings is 1. The lowest BCUT2D eigenvalue weighted by Crippen LogP contribution is -2.36. The van der Waals surface area contributed by atoms with Gasteiger partial charge in [-0.15, -0.1) is 0 Å². The molecule has 1 aliphatic rings. The van der Waals surface area contributed by atoms with E-state index in [2.05, 4.69) is 36.0 Å². The Labute approximate surface area is 127 Å². The predicted octanol–water partition coefficient (Wildman–Crippen LogP) is 3.59. The fraction of sp³-hybridized carbons (Fsp3) is 0.706. The maximum atomic E-state index is 13.5. The Bertz CT molecular complexity index is 448. The molecule has 0 radical (unpaired) electrons. The number of nitrogens with zero attached hydrogens (tertiary/aromatic N) is 2. The van der Waals surface area contributed by atoms with E-state index in [1.807, 2.05) is 0 Å². The van der Waals surface area contributed by atoms with Crippen molar-refractivity contribution >= 4 is 5.82 Å². The Morgan fingerprint density at radius 3 is 3.00 bits per heavy atom. The van der Waals surface area contributed by atoms with Crippen molar-refractivity contribution in [1.29, 1.82) is 0 Å². The minimum absolute atomic E-state index is 0.246. The van der Waals surface area contributed by atoms with Crippen LogP contribution in [0, 0.1) is 17.7 Å². The van der Waals surface area contributed by atoms with Crippen LogP contribution < -0.4 is 10.2 Å². The Balaban J connectivity index is 2.10.